The molecule has 1 aromatic rings. The molecular formula is C15H18ClNO3. The quantitative estimate of drug-likeness (QED) is 0.784. The lowest BCUT2D eigenvalue weighted by molar-refractivity contribution is 0.324. The second-order valence-electron chi connectivity index (χ2n) is 4.41. The molecule has 1 atom stereocenters. The van der Waals surface area contributed by atoms with Crippen molar-refractivity contribution in [3.63, 3.8) is 0 Å². The molecule has 2 rings (SSSR count). The largest absolute Gasteiger partial charge is 0.493 e. The van der Waals surface area contributed by atoms with Crippen LogP contribution in [0.4, 0.5) is 0 Å². The van der Waals surface area contributed by atoms with Gasteiger partial charge in [-0.25, -0.2) is 0 Å². The summed E-state index contributed by atoms with van der Waals surface area (Å²) in [4.78, 5) is 4.55. The van der Waals surface area contributed by atoms with Crippen LogP contribution >= 0.6 is 11.6 Å². The van der Waals surface area contributed by atoms with Crippen LogP contribution in [0.25, 0.3) is 0 Å². The average molecular weight is 296 g/mol. The Morgan fingerprint density at radius 2 is 1.80 bits per heavy atom. The van der Waals surface area contributed by atoms with Crippen LogP contribution in [0.2, 0.25) is 0 Å². The summed E-state index contributed by atoms with van der Waals surface area (Å²) >= 11 is 5.83. The van der Waals surface area contributed by atoms with Crippen molar-refractivity contribution in [3.05, 3.63) is 29.8 Å². The van der Waals surface area contributed by atoms with Crippen LogP contribution in [0.15, 0.2) is 29.3 Å². The Morgan fingerprint density at radius 3 is 2.20 bits per heavy atom. The summed E-state index contributed by atoms with van der Waals surface area (Å²) < 4.78 is 16.0. The van der Waals surface area contributed by atoms with E-state index in [0.29, 0.717) is 35.6 Å². The van der Waals surface area contributed by atoms with Crippen LogP contribution in [-0.4, -0.2) is 39.5 Å². The zero-order valence-electron chi connectivity index (χ0n) is 11.9. The lowest BCUT2D eigenvalue weighted by Gasteiger charge is -2.16. The van der Waals surface area contributed by atoms with Crippen molar-refractivity contribution in [3.8, 4) is 17.2 Å². The summed E-state index contributed by atoms with van der Waals surface area (Å²) in [6.07, 6.45) is 4.07. The van der Waals surface area contributed by atoms with Gasteiger partial charge in [0.1, 0.15) is 0 Å². The van der Waals surface area contributed by atoms with Crippen LogP contribution in [0.3, 0.4) is 0 Å². The molecule has 1 aliphatic rings. The van der Waals surface area contributed by atoms with E-state index in [1.165, 1.54) is 0 Å². The third-order valence-electron chi connectivity index (χ3n) is 3.18. The van der Waals surface area contributed by atoms with Gasteiger partial charge in [0.05, 0.1) is 27.0 Å². The van der Waals surface area contributed by atoms with Gasteiger partial charge in [0.15, 0.2) is 11.5 Å². The van der Waals surface area contributed by atoms with Crippen LogP contribution in [-0.2, 0) is 0 Å². The predicted octanol–water partition coefficient (Wildman–Crippen LogP) is 2.93. The van der Waals surface area contributed by atoms with E-state index in [1.54, 1.807) is 21.3 Å². The van der Waals surface area contributed by atoms with Gasteiger partial charge in [0, 0.05) is 23.9 Å². The highest BCUT2D eigenvalue weighted by Gasteiger charge is 2.16. The summed E-state index contributed by atoms with van der Waals surface area (Å²) in [5.41, 5.74) is 1.83. The molecule has 1 aromatic carbocycles. The molecule has 0 amide bonds. The van der Waals surface area contributed by atoms with E-state index >= 15 is 0 Å². The molecule has 0 saturated carbocycles. The van der Waals surface area contributed by atoms with Crippen molar-refractivity contribution in [2.45, 2.75) is 0 Å². The molecule has 0 bridgehead atoms. The topological polar surface area (TPSA) is 40.0 Å². The van der Waals surface area contributed by atoms with Gasteiger partial charge in [-0.2, -0.15) is 0 Å². The minimum Gasteiger partial charge on any atom is -0.493 e. The summed E-state index contributed by atoms with van der Waals surface area (Å²) in [6.45, 7) is 0.700. The maximum atomic E-state index is 5.83. The normalized spacial score (nSPS) is 17.6. The molecule has 20 heavy (non-hydrogen) atoms. The minimum atomic E-state index is 0.308. The number of halogens is 1. The monoisotopic (exact) mass is 295 g/mol. The van der Waals surface area contributed by atoms with Crippen molar-refractivity contribution in [2.24, 2.45) is 10.9 Å². The van der Waals surface area contributed by atoms with E-state index in [4.69, 9.17) is 25.8 Å². The number of hydrogen-bond donors (Lipinski definition) is 0. The smallest absolute Gasteiger partial charge is 0.203 e. The standard InChI is InChI=1S/C15H18ClNO3/c1-18-13-6-11(7-14(19-2)15(13)20-3)12-5-4-10(8-16)9-17-12/h4-7,10H,8-9H2,1-3H3. The molecule has 108 valence electrons. The van der Waals surface area contributed by atoms with E-state index in [2.05, 4.69) is 11.1 Å². The third kappa shape index (κ3) is 2.90. The fourth-order valence-corrected chi connectivity index (χ4v) is 2.27. The first-order valence-corrected chi connectivity index (χ1v) is 6.86. The molecule has 0 spiro atoms. The SMILES string of the molecule is COc1cc(C2=NCC(CCl)C=C2)cc(OC)c1OC. The summed E-state index contributed by atoms with van der Waals surface area (Å²) in [5, 5.41) is 0. The molecule has 0 radical (unpaired) electrons. The molecule has 0 saturated heterocycles. The molecule has 0 aliphatic carbocycles. The van der Waals surface area contributed by atoms with E-state index < -0.39 is 0 Å². The first kappa shape index (κ1) is 14.7. The summed E-state index contributed by atoms with van der Waals surface area (Å²) in [5.74, 6) is 2.72. The van der Waals surface area contributed by atoms with E-state index in [1.807, 2.05) is 18.2 Å². The maximum absolute atomic E-state index is 5.83. The van der Waals surface area contributed by atoms with Crippen LogP contribution < -0.4 is 14.2 Å². The van der Waals surface area contributed by atoms with Crippen LogP contribution in [0.5, 0.6) is 17.2 Å². The van der Waals surface area contributed by atoms with Crippen LogP contribution in [0.1, 0.15) is 5.56 Å². The van der Waals surface area contributed by atoms with Gasteiger partial charge in [0.2, 0.25) is 5.75 Å². The molecule has 1 heterocycles. The fraction of sp³-hybridized carbons (Fsp3) is 0.400. The third-order valence-corrected chi connectivity index (χ3v) is 3.58. The number of rotatable bonds is 5. The number of methoxy groups -OCH3 is 3. The van der Waals surface area contributed by atoms with E-state index in [-0.39, 0.29) is 0 Å². The number of hydrogen-bond acceptors (Lipinski definition) is 4. The van der Waals surface area contributed by atoms with Gasteiger partial charge in [0.25, 0.3) is 0 Å². The fourth-order valence-electron chi connectivity index (χ4n) is 2.07. The van der Waals surface area contributed by atoms with E-state index in [0.717, 1.165) is 11.3 Å². The zero-order chi connectivity index (χ0) is 14.5. The molecule has 5 heteroatoms. The number of aliphatic imine (C=N–C) groups is 1. The zero-order valence-corrected chi connectivity index (χ0v) is 12.6. The van der Waals surface area contributed by atoms with Gasteiger partial charge in [-0.05, 0) is 18.2 Å². The molecule has 1 unspecified atom stereocenters. The lowest BCUT2D eigenvalue weighted by Crippen LogP contribution is -2.12. The second kappa shape index (κ2) is 6.66. The number of nitrogens with zero attached hydrogens (tertiary/aromatic N) is 1. The Morgan fingerprint density at radius 1 is 1.15 bits per heavy atom. The number of dihydropyridines is 1. The first-order chi connectivity index (χ1) is 9.73. The minimum absolute atomic E-state index is 0.308. The molecule has 0 aromatic heterocycles. The second-order valence-corrected chi connectivity index (χ2v) is 4.72. The van der Waals surface area contributed by atoms with Crippen molar-refractivity contribution in [1.82, 2.24) is 0 Å². The molecule has 1 aliphatic heterocycles. The van der Waals surface area contributed by atoms with Gasteiger partial charge in [-0.1, -0.05) is 6.08 Å². The number of alkyl halides is 1. The van der Waals surface area contributed by atoms with Crippen molar-refractivity contribution >= 4 is 17.3 Å². The van der Waals surface area contributed by atoms with Crippen LogP contribution in [0, 0.1) is 5.92 Å². The Labute approximate surface area is 124 Å². The van der Waals surface area contributed by atoms with Gasteiger partial charge < -0.3 is 14.2 Å². The predicted molar refractivity (Wildman–Crippen MR) is 80.9 cm³/mol. The Balaban J connectivity index is 2.39. The Bertz CT molecular complexity index is 515. The highest BCUT2D eigenvalue weighted by molar-refractivity contribution is 6.18. The van der Waals surface area contributed by atoms with E-state index in [9.17, 15) is 0 Å². The van der Waals surface area contributed by atoms with Crippen molar-refractivity contribution in [2.75, 3.05) is 33.8 Å². The van der Waals surface area contributed by atoms with Crippen molar-refractivity contribution in [1.29, 1.82) is 0 Å². The van der Waals surface area contributed by atoms with Gasteiger partial charge in [-0.15, -0.1) is 11.6 Å². The maximum Gasteiger partial charge on any atom is 0.203 e. The molecule has 0 fully saturated rings. The van der Waals surface area contributed by atoms with Gasteiger partial charge >= 0.3 is 0 Å². The van der Waals surface area contributed by atoms with Gasteiger partial charge in [-0.3, -0.25) is 4.99 Å². The number of benzene rings is 1. The number of ether oxygens (including phenoxy) is 3. The highest BCUT2D eigenvalue weighted by atomic mass is 35.5. The van der Waals surface area contributed by atoms with Crippen molar-refractivity contribution < 1.29 is 14.2 Å². The summed E-state index contributed by atoms with van der Waals surface area (Å²) in [6, 6.07) is 3.79. The lowest BCUT2D eigenvalue weighted by atomic mass is 10.0. The molecular weight excluding hydrogens is 278 g/mol. The molecule has 0 N–H and O–H groups in total. The Hall–Kier alpha value is -1.68. The summed E-state index contributed by atoms with van der Waals surface area (Å²) in [7, 11) is 4.79. The Kier molecular flexibility index (Phi) is 4.90. The molecule has 4 nitrogen and oxygen atoms in total. The number of allylic oxidation sites excluding steroid dienone is 1. The first-order valence-electron chi connectivity index (χ1n) is 6.32. The average Bonchev–Trinajstić information content (AvgIpc) is 2.53. The highest BCUT2D eigenvalue weighted by Crippen LogP contribution is 2.38.